The van der Waals surface area contributed by atoms with Gasteiger partial charge in [-0.3, -0.25) is 14.4 Å². The normalized spacial score (nSPS) is 18.2. The smallest absolute Gasteiger partial charge is 0.262 e. The van der Waals surface area contributed by atoms with Crippen LogP contribution in [0.1, 0.15) is 18.4 Å². The second-order valence-corrected chi connectivity index (χ2v) is 7.18. The van der Waals surface area contributed by atoms with E-state index in [1.807, 2.05) is 42.5 Å². The zero-order valence-electron chi connectivity index (χ0n) is 16.3. The Labute approximate surface area is 169 Å². The quantitative estimate of drug-likeness (QED) is 0.861. The highest BCUT2D eigenvalue weighted by Gasteiger charge is 2.33. The van der Waals surface area contributed by atoms with Crippen LogP contribution in [0.25, 0.3) is 0 Å². The molecule has 0 aliphatic carbocycles. The van der Waals surface area contributed by atoms with Gasteiger partial charge >= 0.3 is 0 Å². The van der Waals surface area contributed by atoms with E-state index in [2.05, 4.69) is 5.32 Å². The van der Waals surface area contributed by atoms with E-state index >= 15 is 0 Å². The molecule has 1 saturated heterocycles. The highest BCUT2D eigenvalue weighted by Crippen LogP contribution is 2.33. The lowest BCUT2D eigenvalue weighted by Gasteiger charge is -2.34. The van der Waals surface area contributed by atoms with E-state index in [4.69, 9.17) is 4.74 Å². The molecule has 29 heavy (non-hydrogen) atoms. The van der Waals surface area contributed by atoms with Crippen molar-refractivity contribution in [1.29, 1.82) is 0 Å². The summed E-state index contributed by atoms with van der Waals surface area (Å²) in [5, 5.41) is 2.58. The number of carbonyl (C=O) groups excluding carboxylic acids is 3. The number of hydrogen-bond donors (Lipinski definition) is 1. The lowest BCUT2D eigenvalue weighted by Crippen LogP contribution is -2.50. The van der Waals surface area contributed by atoms with Crippen molar-refractivity contribution in [3.63, 3.8) is 0 Å². The van der Waals surface area contributed by atoms with Crippen molar-refractivity contribution in [2.75, 3.05) is 29.9 Å². The molecule has 7 heteroatoms. The lowest BCUT2D eigenvalue weighted by atomic mass is 10.1. The summed E-state index contributed by atoms with van der Waals surface area (Å²) in [4.78, 5) is 40.4. The Balaban J connectivity index is 1.51. The molecule has 1 fully saturated rings. The fourth-order valence-electron chi connectivity index (χ4n) is 3.75. The number of fused-ring (bicyclic) bond motifs is 1. The summed E-state index contributed by atoms with van der Waals surface area (Å²) in [7, 11) is 1.55. The van der Waals surface area contributed by atoms with Crippen LogP contribution in [-0.4, -0.2) is 44.0 Å². The number of hydrogen-bond acceptors (Lipinski definition) is 4. The van der Waals surface area contributed by atoms with Crippen molar-refractivity contribution in [2.24, 2.45) is 0 Å². The lowest BCUT2D eigenvalue weighted by molar-refractivity contribution is -0.128. The molecule has 0 unspecified atom stereocenters. The maximum absolute atomic E-state index is 13.1. The van der Waals surface area contributed by atoms with E-state index in [9.17, 15) is 14.4 Å². The maximum Gasteiger partial charge on any atom is 0.262 e. The summed E-state index contributed by atoms with van der Waals surface area (Å²) < 4.78 is 5.75. The van der Waals surface area contributed by atoms with E-state index in [0.717, 1.165) is 24.2 Å². The van der Waals surface area contributed by atoms with Gasteiger partial charge in [0.15, 0.2) is 6.10 Å². The van der Waals surface area contributed by atoms with Crippen molar-refractivity contribution >= 4 is 29.1 Å². The van der Waals surface area contributed by atoms with Gasteiger partial charge in [-0.1, -0.05) is 24.3 Å². The molecular formula is C22H23N3O4. The Morgan fingerprint density at radius 1 is 1.14 bits per heavy atom. The van der Waals surface area contributed by atoms with E-state index < -0.39 is 6.10 Å². The summed E-state index contributed by atoms with van der Waals surface area (Å²) in [6.07, 6.45) is 0.913. The third-order valence-electron chi connectivity index (χ3n) is 5.29. The molecule has 0 radical (unpaired) electrons. The van der Waals surface area contributed by atoms with Gasteiger partial charge in [-0.05, 0) is 36.2 Å². The second kappa shape index (κ2) is 7.95. The minimum absolute atomic E-state index is 0.111. The molecule has 1 atom stereocenters. The minimum atomic E-state index is -0.748. The minimum Gasteiger partial charge on any atom is -0.477 e. The van der Waals surface area contributed by atoms with Crippen LogP contribution in [0.15, 0.2) is 48.5 Å². The van der Waals surface area contributed by atoms with Crippen LogP contribution < -0.4 is 19.9 Å². The molecule has 2 aromatic carbocycles. The second-order valence-electron chi connectivity index (χ2n) is 7.18. The first-order valence-corrected chi connectivity index (χ1v) is 9.74. The van der Waals surface area contributed by atoms with Crippen molar-refractivity contribution in [2.45, 2.75) is 25.4 Å². The van der Waals surface area contributed by atoms with Gasteiger partial charge < -0.3 is 19.9 Å². The van der Waals surface area contributed by atoms with Crippen molar-refractivity contribution < 1.29 is 19.1 Å². The number of nitrogens with one attached hydrogen (secondary N) is 1. The van der Waals surface area contributed by atoms with Crippen molar-refractivity contribution in [1.82, 2.24) is 5.32 Å². The largest absolute Gasteiger partial charge is 0.477 e. The number of carbonyl (C=O) groups is 3. The molecule has 2 aromatic rings. The van der Waals surface area contributed by atoms with E-state index in [0.29, 0.717) is 17.9 Å². The van der Waals surface area contributed by atoms with Gasteiger partial charge in [0.2, 0.25) is 11.8 Å². The molecule has 4 rings (SSSR count). The standard InChI is InChI=1S/C22H23N3O4/c1-23-22(28)19-14-25(17-5-2-3-6-18(17)29-19)21(27)13-15-8-10-16(11-9-15)24-12-4-7-20(24)26/h2-3,5-6,8-11,19H,4,7,12-14H2,1H3,(H,23,28)/t19-/m0/s1. The SMILES string of the molecule is CNC(=O)[C@@H]1CN(C(=O)Cc2ccc(N3CCCC3=O)cc2)c2ccccc2O1. The van der Waals surface area contributed by atoms with Gasteiger partial charge in [0.25, 0.3) is 5.91 Å². The van der Waals surface area contributed by atoms with Gasteiger partial charge in [-0.15, -0.1) is 0 Å². The van der Waals surface area contributed by atoms with Gasteiger partial charge in [-0.2, -0.15) is 0 Å². The molecule has 0 bridgehead atoms. The van der Waals surface area contributed by atoms with Gasteiger partial charge in [0, 0.05) is 25.7 Å². The molecule has 0 spiro atoms. The topological polar surface area (TPSA) is 79.0 Å². The number of likely N-dealkylation sites (N-methyl/N-ethyl adjacent to an activating group) is 1. The van der Waals surface area contributed by atoms with Crippen molar-refractivity contribution in [3.8, 4) is 5.75 Å². The number of amides is 3. The zero-order valence-corrected chi connectivity index (χ0v) is 16.3. The van der Waals surface area contributed by atoms with Crippen LogP contribution in [0.4, 0.5) is 11.4 Å². The van der Waals surface area contributed by atoms with Crippen LogP contribution in [0.5, 0.6) is 5.75 Å². The monoisotopic (exact) mass is 393 g/mol. The molecule has 0 saturated carbocycles. The molecule has 2 aliphatic rings. The van der Waals surface area contributed by atoms with E-state index in [1.54, 1.807) is 22.9 Å². The summed E-state index contributed by atoms with van der Waals surface area (Å²) in [6, 6.07) is 14.7. The highest BCUT2D eigenvalue weighted by molar-refractivity contribution is 5.98. The summed E-state index contributed by atoms with van der Waals surface area (Å²) in [6.45, 7) is 0.901. The predicted molar refractivity (Wildman–Crippen MR) is 109 cm³/mol. The number of anilines is 2. The Morgan fingerprint density at radius 2 is 1.90 bits per heavy atom. The molecule has 3 amide bonds. The molecule has 7 nitrogen and oxygen atoms in total. The summed E-state index contributed by atoms with van der Waals surface area (Å²) in [5.74, 6) is 0.277. The van der Waals surface area contributed by atoms with Crippen LogP contribution in [0.2, 0.25) is 0 Å². The van der Waals surface area contributed by atoms with Gasteiger partial charge in [0.05, 0.1) is 18.7 Å². The first-order valence-electron chi connectivity index (χ1n) is 9.74. The maximum atomic E-state index is 13.1. The first-order chi connectivity index (χ1) is 14.1. The van der Waals surface area contributed by atoms with Crippen molar-refractivity contribution in [3.05, 3.63) is 54.1 Å². The van der Waals surface area contributed by atoms with Crippen LogP contribution >= 0.6 is 0 Å². The van der Waals surface area contributed by atoms with Crippen LogP contribution in [0.3, 0.4) is 0 Å². The number of ether oxygens (including phenoxy) is 1. The number of nitrogens with zero attached hydrogens (tertiary/aromatic N) is 2. The number of para-hydroxylation sites is 2. The van der Waals surface area contributed by atoms with Crippen LogP contribution in [-0.2, 0) is 20.8 Å². The molecule has 1 N–H and O–H groups in total. The van der Waals surface area contributed by atoms with Crippen LogP contribution in [0, 0.1) is 0 Å². The predicted octanol–water partition coefficient (Wildman–Crippen LogP) is 1.90. The Morgan fingerprint density at radius 3 is 2.59 bits per heavy atom. The Kier molecular flexibility index (Phi) is 5.20. The average molecular weight is 393 g/mol. The molecule has 2 aliphatic heterocycles. The summed E-state index contributed by atoms with van der Waals surface area (Å²) >= 11 is 0. The Bertz CT molecular complexity index is 941. The third-order valence-corrected chi connectivity index (χ3v) is 5.29. The van der Waals surface area contributed by atoms with Gasteiger partial charge in [-0.25, -0.2) is 0 Å². The Hall–Kier alpha value is -3.35. The third kappa shape index (κ3) is 3.81. The zero-order chi connectivity index (χ0) is 20.4. The van der Waals surface area contributed by atoms with Gasteiger partial charge in [0.1, 0.15) is 5.75 Å². The average Bonchev–Trinajstić information content (AvgIpc) is 3.18. The highest BCUT2D eigenvalue weighted by atomic mass is 16.5. The fraction of sp³-hybridized carbons (Fsp3) is 0.318. The molecule has 0 aromatic heterocycles. The first kappa shape index (κ1) is 19.0. The fourth-order valence-corrected chi connectivity index (χ4v) is 3.75. The molecule has 150 valence electrons. The van der Waals surface area contributed by atoms with E-state index in [-0.39, 0.29) is 30.7 Å². The number of rotatable bonds is 4. The molecular weight excluding hydrogens is 370 g/mol. The molecule has 2 heterocycles. The van der Waals surface area contributed by atoms with E-state index in [1.165, 1.54) is 0 Å². The summed E-state index contributed by atoms with van der Waals surface area (Å²) in [5.41, 5.74) is 2.38. The number of benzene rings is 2.